The monoisotopic (exact) mass is 308 g/mol. The fraction of sp³-hybridized carbons (Fsp3) is 0.667. The van der Waals surface area contributed by atoms with Crippen LogP contribution in [-0.2, 0) is 6.54 Å². The molecule has 0 spiro atoms. The molecule has 2 rings (SSSR count). The summed E-state index contributed by atoms with van der Waals surface area (Å²) < 4.78 is 0. The van der Waals surface area contributed by atoms with Gasteiger partial charge in [-0.2, -0.15) is 0 Å². The first-order valence-electron chi connectivity index (χ1n) is 8.34. The van der Waals surface area contributed by atoms with Crippen molar-refractivity contribution in [2.75, 3.05) is 24.5 Å². The third kappa shape index (κ3) is 5.19. The molecule has 2 nitrogen and oxygen atoms in total. The molecular formula is C18H29ClN2. The van der Waals surface area contributed by atoms with Crippen LogP contribution >= 0.6 is 11.6 Å². The molecule has 1 aromatic carbocycles. The van der Waals surface area contributed by atoms with Crippen molar-refractivity contribution < 1.29 is 0 Å². The highest BCUT2D eigenvalue weighted by molar-refractivity contribution is 6.33. The van der Waals surface area contributed by atoms with Crippen LogP contribution in [0.4, 0.5) is 5.69 Å². The summed E-state index contributed by atoms with van der Waals surface area (Å²) in [6.07, 6.45) is 3.92. The van der Waals surface area contributed by atoms with Crippen molar-refractivity contribution in [2.24, 2.45) is 11.8 Å². The van der Waals surface area contributed by atoms with Crippen LogP contribution in [0.1, 0.15) is 45.6 Å². The number of rotatable bonds is 9. The summed E-state index contributed by atoms with van der Waals surface area (Å²) >= 11 is 6.54. The Hall–Kier alpha value is -0.730. The van der Waals surface area contributed by atoms with Gasteiger partial charge in [-0.1, -0.05) is 44.5 Å². The summed E-state index contributed by atoms with van der Waals surface area (Å²) in [5.41, 5.74) is 2.58. The van der Waals surface area contributed by atoms with Crippen LogP contribution in [0.5, 0.6) is 0 Å². The number of anilines is 1. The maximum absolute atomic E-state index is 6.54. The van der Waals surface area contributed by atoms with Crippen LogP contribution in [-0.4, -0.2) is 19.6 Å². The highest BCUT2D eigenvalue weighted by Crippen LogP contribution is 2.35. The molecule has 0 amide bonds. The molecule has 21 heavy (non-hydrogen) atoms. The Balaban J connectivity index is 2.13. The average Bonchev–Trinajstić information content (AvgIpc) is 3.22. The van der Waals surface area contributed by atoms with E-state index in [1.807, 2.05) is 6.07 Å². The molecule has 0 aromatic heterocycles. The van der Waals surface area contributed by atoms with Crippen LogP contribution in [0.3, 0.4) is 0 Å². The zero-order valence-electron chi connectivity index (χ0n) is 13.7. The van der Waals surface area contributed by atoms with E-state index in [4.69, 9.17) is 11.6 Å². The van der Waals surface area contributed by atoms with Gasteiger partial charge in [-0.25, -0.2) is 0 Å². The van der Waals surface area contributed by atoms with E-state index in [1.54, 1.807) is 0 Å². The largest absolute Gasteiger partial charge is 0.370 e. The van der Waals surface area contributed by atoms with Gasteiger partial charge in [0.2, 0.25) is 0 Å². The second-order valence-electron chi connectivity index (χ2n) is 6.66. The molecule has 0 saturated heterocycles. The van der Waals surface area contributed by atoms with Crippen LogP contribution in [0.25, 0.3) is 0 Å². The highest BCUT2D eigenvalue weighted by atomic mass is 35.5. The van der Waals surface area contributed by atoms with Gasteiger partial charge in [0, 0.05) is 19.6 Å². The van der Waals surface area contributed by atoms with Crippen molar-refractivity contribution in [1.29, 1.82) is 0 Å². The number of halogens is 1. The lowest BCUT2D eigenvalue weighted by Gasteiger charge is -2.28. The second-order valence-corrected chi connectivity index (χ2v) is 7.07. The number of benzene rings is 1. The molecule has 0 aliphatic heterocycles. The van der Waals surface area contributed by atoms with Crippen molar-refractivity contribution in [1.82, 2.24) is 5.32 Å². The van der Waals surface area contributed by atoms with Crippen molar-refractivity contribution >= 4 is 17.3 Å². The van der Waals surface area contributed by atoms with Gasteiger partial charge >= 0.3 is 0 Å². The first-order valence-corrected chi connectivity index (χ1v) is 8.72. The molecule has 1 saturated carbocycles. The topological polar surface area (TPSA) is 15.3 Å². The summed E-state index contributed by atoms with van der Waals surface area (Å²) in [5.74, 6) is 1.55. The minimum Gasteiger partial charge on any atom is -0.370 e. The van der Waals surface area contributed by atoms with E-state index in [9.17, 15) is 0 Å². The Bertz CT molecular complexity index is 441. The summed E-state index contributed by atoms with van der Waals surface area (Å²) in [6, 6.07) is 6.31. The Kier molecular flexibility index (Phi) is 6.38. The molecular weight excluding hydrogens is 280 g/mol. The first-order chi connectivity index (χ1) is 10.1. The van der Waals surface area contributed by atoms with Crippen molar-refractivity contribution in [3.8, 4) is 0 Å². The molecule has 1 aromatic rings. The van der Waals surface area contributed by atoms with E-state index in [-0.39, 0.29) is 0 Å². The fourth-order valence-electron chi connectivity index (χ4n) is 2.73. The fourth-order valence-corrected chi connectivity index (χ4v) is 3.04. The molecule has 1 N–H and O–H groups in total. The molecule has 1 aliphatic rings. The van der Waals surface area contributed by atoms with Gasteiger partial charge in [-0.05, 0) is 49.3 Å². The van der Waals surface area contributed by atoms with E-state index < -0.39 is 0 Å². The molecule has 3 heteroatoms. The lowest BCUT2D eigenvalue weighted by Crippen LogP contribution is -2.29. The standard InChI is InChI=1S/C18H29ClN2/c1-4-10-21(13-15-8-9-15)18-16(6-5-7-17(18)19)12-20-11-14(2)3/h5-7,14-15,20H,4,8-13H2,1-3H3. The van der Waals surface area contributed by atoms with Crippen molar-refractivity contribution in [2.45, 2.75) is 46.6 Å². The van der Waals surface area contributed by atoms with E-state index in [0.717, 1.165) is 43.5 Å². The van der Waals surface area contributed by atoms with Gasteiger partial charge in [0.05, 0.1) is 10.7 Å². The lowest BCUT2D eigenvalue weighted by atomic mass is 10.1. The SMILES string of the molecule is CCCN(CC1CC1)c1c(Cl)cccc1CNCC(C)C. The second kappa shape index (κ2) is 8.05. The first kappa shape index (κ1) is 16.6. The number of para-hydroxylation sites is 1. The van der Waals surface area contributed by atoms with Crippen LogP contribution < -0.4 is 10.2 Å². The minimum atomic E-state index is 0.672. The number of hydrogen-bond acceptors (Lipinski definition) is 2. The van der Waals surface area contributed by atoms with Gasteiger partial charge < -0.3 is 10.2 Å². The van der Waals surface area contributed by atoms with E-state index >= 15 is 0 Å². The van der Waals surface area contributed by atoms with Crippen LogP contribution in [0.2, 0.25) is 5.02 Å². The highest BCUT2D eigenvalue weighted by Gasteiger charge is 2.26. The summed E-state index contributed by atoms with van der Waals surface area (Å²) in [5, 5.41) is 4.45. The van der Waals surface area contributed by atoms with E-state index in [2.05, 4.69) is 43.1 Å². The number of nitrogens with one attached hydrogen (secondary N) is 1. The lowest BCUT2D eigenvalue weighted by molar-refractivity contribution is 0.551. The third-order valence-electron chi connectivity index (χ3n) is 3.92. The van der Waals surface area contributed by atoms with Gasteiger partial charge in [0.1, 0.15) is 0 Å². The van der Waals surface area contributed by atoms with Gasteiger partial charge in [-0.15, -0.1) is 0 Å². The normalized spacial score (nSPS) is 14.7. The Morgan fingerprint density at radius 2 is 2.10 bits per heavy atom. The third-order valence-corrected chi connectivity index (χ3v) is 4.23. The molecule has 0 atom stereocenters. The minimum absolute atomic E-state index is 0.672. The zero-order valence-corrected chi connectivity index (χ0v) is 14.4. The Labute approximate surface area is 134 Å². The molecule has 118 valence electrons. The molecule has 1 fully saturated rings. The number of nitrogens with zero attached hydrogens (tertiary/aromatic N) is 1. The zero-order chi connectivity index (χ0) is 15.2. The predicted octanol–water partition coefficient (Wildman–Crippen LogP) is 4.71. The molecule has 0 bridgehead atoms. The van der Waals surface area contributed by atoms with E-state index in [0.29, 0.717) is 5.92 Å². The van der Waals surface area contributed by atoms with Gasteiger partial charge in [0.25, 0.3) is 0 Å². The summed E-state index contributed by atoms with van der Waals surface area (Å²) in [7, 11) is 0. The molecule has 0 radical (unpaired) electrons. The predicted molar refractivity (Wildman–Crippen MR) is 93.2 cm³/mol. The maximum atomic E-state index is 6.54. The molecule has 1 aliphatic carbocycles. The molecule has 0 unspecified atom stereocenters. The Morgan fingerprint density at radius 3 is 2.71 bits per heavy atom. The van der Waals surface area contributed by atoms with Crippen LogP contribution in [0, 0.1) is 11.8 Å². The number of hydrogen-bond donors (Lipinski definition) is 1. The maximum Gasteiger partial charge on any atom is 0.0642 e. The smallest absolute Gasteiger partial charge is 0.0642 e. The van der Waals surface area contributed by atoms with Crippen molar-refractivity contribution in [3.63, 3.8) is 0 Å². The quantitative estimate of drug-likeness (QED) is 0.710. The Morgan fingerprint density at radius 1 is 1.33 bits per heavy atom. The average molecular weight is 309 g/mol. The van der Waals surface area contributed by atoms with Crippen LogP contribution in [0.15, 0.2) is 18.2 Å². The van der Waals surface area contributed by atoms with Gasteiger partial charge in [0.15, 0.2) is 0 Å². The van der Waals surface area contributed by atoms with Gasteiger partial charge in [-0.3, -0.25) is 0 Å². The summed E-state index contributed by atoms with van der Waals surface area (Å²) in [4.78, 5) is 2.51. The summed E-state index contributed by atoms with van der Waals surface area (Å²) in [6.45, 7) is 10.9. The van der Waals surface area contributed by atoms with Crippen molar-refractivity contribution in [3.05, 3.63) is 28.8 Å². The molecule has 0 heterocycles. The van der Waals surface area contributed by atoms with E-state index in [1.165, 1.54) is 24.1 Å².